The maximum Gasteiger partial charge on any atom is 0.265 e. The van der Waals surface area contributed by atoms with Crippen molar-refractivity contribution in [1.82, 2.24) is 15.5 Å². The van der Waals surface area contributed by atoms with Gasteiger partial charge in [0.25, 0.3) is 10.0 Å². The summed E-state index contributed by atoms with van der Waals surface area (Å²) < 4.78 is 26.6. The number of aromatic amines is 1. The predicted octanol–water partition coefficient (Wildman–Crippen LogP) is 0.856. The molecule has 1 aliphatic rings. The van der Waals surface area contributed by atoms with E-state index in [-0.39, 0.29) is 4.90 Å². The van der Waals surface area contributed by atoms with Crippen LogP contribution in [0, 0.1) is 0 Å². The predicted molar refractivity (Wildman–Crippen MR) is 71.2 cm³/mol. The van der Waals surface area contributed by atoms with Crippen molar-refractivity contribution in [3.05, 3.63) is 41.7 Å². The Hall–Kier alpha value is -1.86. The van der Waals surface area contributed by atoms with Gasteiger partial charge in [-0.1, -0.05) is 6.07 Å². The molecular formula is C12H14N4O2S. The van der Waals surface area contributed by atoms with Crippen molar-refractivity contribution in [2.45, 2.75) is 17.9 Å². The third kappa shape index (κ3) is 2.47. The van der Waals surface area contributed by atoms with Crippen LogP contribution in [0.25, 0.3) is 0 Å². The van der Waals surface area contributed by atoms with Crippen LogP contribution in [-0.2, 0) is 23.0 Å². The van der Waals surface area contributed by atoms with Crippen molar-refractivity contribution in [2.75, 3.05) is 11.3 Å². The average molecular weight is 278 g/mol. The van der Waals surface area contributed by atoms with Crippen LogP contribution in [0.15, 0.2) is 35.5 Å². The molecule has 1 aromatic carbocycles. The molecule has 0 fully saturated rings. The number of aromatic nitrogens is 2. The van der Waals surface area contributed by atoms with Gasteiger partial charge in [-0.3, -0.25) is 9.82 Å². The zero-order chi connectivity index (χ0) is 13.3. The maximum atomic E-state index is 12.0. The van der Waals surface area contributed by atoms with Gasteiger partial charge in [-0.2, -0.15) is 5.10 Å². The summed E-state index contributed by atoms with van der Waals surface area (Å²) in [5.74, 6) is 0. The first-order valence-corrected chi connectivity index (χ1v) is 7.47. The van der Waals surface area contributed by atoms with Crippen molar-refractivity contribution in [3.8, 4) is 0 Å². The summed E-state index contributed by atoms with van der Waals surface area (Å²) in [5.41, 5.74) is 2.98. The molecule has 0 aliphatic carbocycles. The van der Waals surface area contributed by atoms with Crippen molar-refractivity contribution in [1.29, 1.82) is 0 Å². The Labute approximate surface area is 111 Å². The lowest BCUT2D eigenvalue weighted by Gasteiger charge is -2.18. The number of sulfonamides is 1. The molecule has 3 N–H and O–H groups in total. The second-order valence-corrected chi connectivity index (χ2v) is 6.13. The van der Waals surface area contributed by atoms with E-state index in [1.54, 1.807) is 6.07 Å². The maximum absolute atomic E-state index is 12.0. The minimum Gasteiger partial charge on any atom is -0.312 e. The molecule has 100 valence electrons. The van der Waals surface area contributed by atoms with Crippen LogP contribution in [0.5, 0.6) is 0 Å². The summed E-state index contributed by atoms with van der Waals surface area (Å²) in [6, 6.07) is 5.64. The molecule has 6 nitrogen and oxygen atoms in total. The van der Waals surface area contributed by atoms with Gasteiger partial charge in [-0.05, 0) is 36.2 Å². The monoisotopic (exact) mass is 278 g/mol. The zero-order valence-electron chi connectivity index (χ0n) is 10.2. The topological polar surface area (TPSA) is 86.9 Å². The van der Waals surface area contributed by atoms with Crippen LogP contribution < -0.4 is 10.0 Å². The quantitative estimate of drug-likeness (QED) is 0.777. The Morgan fingerprint density at radius 2 is 2.16 bits per heavy atom. The van der Waals surface area contributed by atoms with Gasteiger partial charge in [-0.25, -0.2) is 8.42 Å². The molecule has 1 aromatic heterocycles. The van der Waals surface area contributed by atoms with Gasteiger partial charge in [-0.15, -0.1) is 0 Å². The number of H-pyrrole nitrogens is 1. The standard InChI is InChI=1S/C12H14N4O2S/c17-19(18,12-7-14-15-8-12)16-11-2-1-9-3-4-13-6-10(9)5-11/h1-2,5,7-8,13,16H,3-4,6H2,(H,14,15). The normalized spacial score (nSPS) is 14.9. The summed E-state index contributed by atoms with van der Waals surface area (Å²) >= 11 is 0. The third-order valence-corrected chi connectivity index (χ3v) is 4.48. The first-order chi connectivity index (χ1) is 9.15. The molecule has 0 saturated heterocycles. The Bertz CT molecular complexity index is 680. The fourth-order valence-corrected chi connectivity index (χ4v) is 3.10. The van der Waals surface area contributed by atoms with Crippen molar-refractivity contribution >= 4 is 15.7 Å². The highest BCUT2D eigenvalue weighted by Gasteiger charge is 2.16. The van der Waals surface area contributed by atoms with Crippen LogP contribution in [0.4, 0.5) is 5.69 Å². The lowest BCUT2D eigenvalue weighted by Crippen LogP contribution is -2.23. The minimum atomic E-state index is -3.56. The van der Waals surface area contributed by atoms with Gasteiger partial charge in [0, 0.05) is 18.4 Å². The number of fused-ring (bicyclic) bond motifs is 1. The molecule has 0 bridgehead atoms. The first kappa shape index (κ1) is 12.2. The van der Waals surface area contributed by atoms with E-state index in [2.05, 4.69) is 20.2 Å². The first-order valence-electron chi connectivity index (χ1n) is 5.99. The van der Waals surface area contributed by atoms with Gasteiger partial charge in [0.15, 0.2) is 0 Å². The molecule has 0 spiro atoms. The van der Waals surface area contributed by atoms with Crippen LogP contribution in [0.1, 0.15) is 11.1 Å². The Morgan fingerprint density at radius 3 is 2.95 bits per heavy atom. The molecule has 2 heterocycles. The number of benzene rings is 1. The minimum absolute atomic E-state index is 0.128. The lowest BCUT2D eigenvalue weighted by atomic mass is 10.0. The molecule has 0 atom stereocenters. The van der Waals surface area contributed by atoms with Gasteiger partial charge in [0.2, 0.25) is 0 Å². The van der Waals surface area contributed by atoms with Crippen LogP contribution in [0.3, 0.4) is 0 Å². The van der Waals surface area contributed by atoms with Gasteiger partial charge in [0.1, 0.15) is 4.90 Å². The van der Waals surface area contributed by atoms with Crippen molar-refractivity contribution < 1.29 is 8.42 Å². The number of hydrogen-bond acceptors (Lipinski definition) is 4. The summed E-state index contributed by atoms with van der Waals surface area (Å²) in [5, 5.41) is 9.40. The molecule has 7 heteroatoms. The fraction of sp³-hybridized carbons (Fsp3) is 0.250. The van der Waals surface area contributed by atoms with Crippen LogP contribution in [-0.4, -0.2) is 25.2 Å². The molecule has 0 saturated carbocycles. The van der Waals surface area contributed by atoms with E-state index in [0.717, 1.165) is 25.1 Å². The molecule has 0 amide bonds. The Balaban J connectivity index is 1.88. The van der Waals surface area contributed by atoms with E-state index in [9.17, 15) is 8.42 Å². The summed E-state index contributed by atoms with van der Waals surface area (Å²) in [4.78, 5) is 0.128. The van der Waals surface area contributed by atoms with E-state index in [1.807, 2.05) is 12.1 Å². The highest BCUT2D eigenvalue weighted by atomic mass is 32.2. The van der Waals surface area contributed by atoms with E-state index >= 15 is 0 Å². The second kappa shape index (κ2) is 4.67. The summed E-state index contributed by atoms with van der Waals surface area (Å²) in [6.07, 6.45) is 3.61. The average Bonchev–Trinajstić information content (AvgIpc) is 2.93. The van der Waals surface area contributed by atoms with E-state index < -0.39 is 10.0 Å². The molecule has 19 heavy (non-hydrogen) atoms. The lowest BCUT2D eigenvalue weighted by molar-refractivity contribution is 0.601. The fourth-order valence-electron chi connectivity index (χ4n) is 2.14. The largest absolute Gasteiger partial charge is 0.312 e. The SMILES string of the molecule is O=S(=O)(Nc1ccc2c(c1)CNCC2)c1cn[nH]c1. The van der Waals surface area contributed by atoms with Gasteiger partial charge < -0.3 is 5.32 Å². The number of hydrogen-bond donors (Lipinski definition) is 3. The Morgan fingerprint density at radius 1 is 1.26 bits per heavy atom. The number of nitrogens with one attached hydrogen (secondary N) is 3. The Kier molecular flexibility index (Phi) is 3.00. The van der Waals surface area contributed by atoms with Gasteiger partial charge >= 0.3 is 0 Å². The van der Waals surface area contributed by atoms with Crippen LogP contribution >= 0.6 is 0 Å². The number of anilines is 1. The smallest absolute Gasteiger partial charge is 0.265 e. The number of rotatable bonds is 3. The molecule has 3 rings (SSSR count). The van der Waals surface area contributed by atoms with Crippen LogP contribution in [0.2, 0.25) is 0 Å². The van der Waals surface area contributed by atoms with E-state index in [4.69, 9.17) is 0 Å². The highest BCUT2D eigenvalue weighted by Crippen LogP contribution is 2.21. The highest BCUT2D eigenvalue weighted by molar-refractivity contribution is 7.92. The molecule has 0 unspecified atom stereocenters. The van der Waals surface area contributed by atoms with Crippen molar-refractivity contribution in [2.24, 2.45) is 0 Å². The second-order valence-electron chi connectivity index (χ2n) is 4.45. The molecule has 1 aliphatic heterocycles. The summed E-state index contributed by atoms with van der Waals surface area (Å²) in [6.45, 7) is 1.74. The molecule has 2 aromatic rings. The van der Waals surface area contributed by atoms with Crippen molar-refractivity contribution in [3.63, 3.8) is 0 Å². The third-order valence-electron chi connectivity index (χ3n) is 3.13. The van der Waals surface area contributed by atoms with Gasteiger partial charge in [0.05, 0.1) is 6.20 Å². The summed E-state index contributed by atoms with van der Waals surface area (Å²) in [7, 11) is -3.56. The zero-order valence-corrected chi connectivity index (χ0v) is 11.0. The van der Waals surface area contributed by atoms with E-state index in [0.29, 0.717) is 5.69 Å². The van der Waals surface area contributed by atoms with E-state index in [1.165, 1.54) is 18.0 Å². The molecule has 0 radical (unpaired) electrons. The number of nitrogens with zero attached hydrogens (tertiary/aromatic N) is 1. The molecular weight excluding hydrogens is 264 g/mol.